The number of piperazine rings is 1. The second-order valence-corrected chi connectivity index (χ2v) is 9.45. The van der Waals surface area contributed by atoms with E-state index in [1.54, 1.807) is 0 Å². The fourth-order valence-corrected chi connectivity index (χ4v) is 5.44. The third kappa shape index (κ3) is 4.88. The summed E-state index contributed by atoms with van der Waals surface area (Å²) in [4.78, 5) is 17.7. The monoisotopic (exact) mass is 454 g/mol. The van der Waals surface area contributed by atoms with Gasteiger partial charge in [-0.25, -0.2) is 0 Å². The minimum absolute atomic E-state index is 0.0871. The van der Waals surface area contributed by atoms with Gasteiger partial charge in [0.05, 0.1) is 6.04 Å². The zero-order valence-electron chi connectivity index (χ0n) is 20.0. The van der Waals surface area contributed by atoms with Crippen LogP contribution in [0.15, 0.2) is 78.9 Å². The lowest BCUT2D eigenvalue weighted by molar-refractivity contribution is -0.140. The maximum Gasteiger partial charge on any atom is 0.263 e. The van der Waals surface area contributed by atoms with Gasteiger partial charge in [0, 0.05) is 26.2 Å². The van der Waals surface area contributed by atoms with Crippen molar-refractivity contribution in [3.05, 3.63) is 101 Å². The van der Waals surface area contributed by atoms with Crippen LogP contribution in [-0.2, 0) is 17.6 Å². The molecule has 5 rings (SSSR count). The molecule has 0 spiro atoms. The number of amides is 1. The van der Waals surface area contributed by atoms with Crippen LogP contribution in [0.5, 0.6) is 5.75 Å². The molecule has 4 heteroatoms. The van der Waals surface area contributed by atoms with Crippen LogP contribution in [0.1, 0.15) is 48.1 Å². The van der Waals surface area contributed by atoms with Crippen molar-refractivity contribution in [1.82, 2.24) is 9.80 Å². The van der Waals surface area contributed by atoms with Crippen LogP contribution >= 0.6 is 0 Å². The Balaban J connectivity index is 1.25. The zero-order chi connectivity index (χ0) is 23.3. The van der Waals surface area contributed by atoms with E-state index < -0.39 is 6.10 Å². The van der Waals surface area contributed by atoms with Gasteiger partial charge in [-0.1, -0.05) is 72.8 Å². The summed E-state index contributed by atoms with van der Waals surface area (Å²) in [6, 6.07) is 27.8. The van der Waals surface area contributed by atoms with Gasteiger partial charge in [-0.05, 0) is 60.9 Å². The molecule has 0 bridgehead atoms. The Morgan fingerprint density at radius 1 is 0.765 bits per heavy atom. The van der Waals surface area contributed by atoms with Gasteiger partial charge < -0.3 is 9.64 Å². The molecule has 1 aliphatic heterocycles. The summed E-state index contributed by atoms with van der Waals surface area (Å²) >= 11 is 0. The molecule has 2 aliphatic rings. The average molecular weight is 455 g/mol. The highest BCUT2D eigenvalue weighted by Crippen LogP contribution is 2.31. The molecule has 0 aromatic heterocycles. The molecule has 0 radical (unpaired) electrons. The topological polar surface area (TPSA) is 32.8 Å². The van der Waals surface area contributed by atoms with E-state index in [9.17, 15) is 4.79 Å². The second-order valence-electron chi connectivity index (χ2n) is 9.45. The van der Waals surface area contributed by atoms with E-state index in [-0.39, 0.29) is 11.9 Å². The standard InChI is InChI=1S/C30H34N2O2/c1-23(34-28-18-10-16-24-11-8-9-17-27(24)28)30(33)32-21-19-31(20-22-32)29(25-12-4-2-5-13-25)26-14-6-3-7-15-26/h2-7,10,12-16,18,23,29H,8-9,11,17,19-22H2,1H3/t23-/m0/s1. The quantitative estimate of drug-likeness (QED) is 0.509. The highest BCUT2D eigenvalue weighted by Gasteiger charge is 2.30. The minimum Gasteiger partial charge on any atom is -0.481 e. The number of carbonyl (C=O) groups is 1. The summed E-state index contributed by atoms with van der Waals surface area (Å²) < 4.78 is 6.24. The summed E-state index contributed by atoms with van der Waals surface area (Å²) in [7, 11) is 0. The smallest absolute Gasteiger partial charge is 0.263 e. The Morgan fingerprint density at radius 2 is 1.38 bits per heavy atom. The summed E-state index contributed by atoms with van der Waals surface area (Å²) in [6.07, 6.45) is 4.12. The van der Waals surface area contributed by atoms with E-state index >= 15 is 0 Å². The number of nitrogens with zero attached hydrogens (tertiary/aromatic N) is 2. The highest BCUT2D eigenvalue weighted by atomic mass is 16.5. The van der Waals surface area contributed by atoms with Crippen molar-refractivity contribution < 1.29 is 9.53 Å². The zero-order valence-corrected chi connectivity index (χ0v) is 20.0. The van der Waals surface area contributed by atoms with E-state index in [1.807, 2.05) is 17.9 Å². The molecule has 1 amide bonds. The van der Waals surface area contributed by atoms with Crippen LogP contribution in [0.25, 0.3) is 0 Å². The lowest BCUT2D eigenvalue weighted by atomic mass is 9.91. The molecule has 3 aromatic rings. The summed E-state index contributed by atoms with van der Waals surface area (Å²) in [6.45, 7) is 5.01. The molecule has 1 fully saturated rings. The highest BCUT2D eigenvalue weighted by molar-refractivity contribution is 5.81. The lowest BCUT2D eigenvalue weighted by Gasteiger charge is -2.40. The van der Waals surface area contributed by atoms with Crippen molar-refractivity contribution in [3.8, 4) is 5.75 Å². The van der Waals surface area contributed by atoms with Crippen LogP contribution in [-0.4, -0.2) is 48.0 Å². The normalized spacial score (nSPS) is 17.3. The van der Waals surface area contributed by atoms with Gasteiger partial charge in [0.2, 0.25) is 0 Å². The SMILES string of the molecule is C[C@H](Oc1cccc2c1CCCC2)C(=O)N1CCN(C(c2ccccc2)c2ccccc2)CC1. The van der Waals surface area contributed by atoms with Crippen LogP contribution < -0.4 is 4.74 Å². The second kappa shape index (κ2) is 10.4. The summed E-state index contributed by atoms with van der Waals surface area (Å²) in [5.41, 5.74) is 5.26. The molecule has 1 aliphatic carbocycles. The van der Waals surface area contributed by atoms with Crippen LogP contribution in [0, 0.1) is 0 Å². The van der Waals surface area contributed by atoms with E-state index in [1.165, 1.54) is 35.1 Å². The largest absolute Gasteiger partial charge is 0.481 e. The van der Waals surface area contributed by atoms with Gasteiger partial charge in [0.15, 0.2) is 6.10 Å². The number of hydrogen-bond donors (Lipinski definition) is 0. The minimum atomic E-state index is -0.473. The van der Waals surface area contributed by atoms with E-state index in [0.29, 0.717) is 0 Å². The Kier molecular flexibility index (Phi) is 6.96. The molecule has 1 atom stereocenters. The first-order chi connectivity index (χ1) is 16.7. The van der Waals surface area contributed by atoms with Gasteiger partial charge in [-0.3, -0.25) is 9.69 Å². The van der Waals surface area contributed by atoms with Crippen LogP contribution in [0.4, 0.5) is 0 Å². The predicted molar refractivity (Wildman–Crippen MR) is 136 cm³/mol. The third-order valence-corrected chi connectivity index (χ3v) is 7.23. The Hall–Kier alpha value is -3.11. The van der Waals surface area contributed by atoms with Crippen molar-refractivity contribution in [2.24, 2.45) is 0 Å². The Labute approximate surface area is 203 Å². The molecule has 34 heavy (non-hydrogen) atoms. The molecule has 1 saturated heterocycles. The Morgan fingerprint density at radius 3 is 2.03 bits per heavy atom. The Bertz CT molecular complexity index is 1050. The number of carbonyl (C=O) groups excluding carboxylic acids is 1. The van der Waals surface area contributed by atoms with Gasteiger partial charge in [-0.15, -0.1) is 0 Å². The summed E-state index contributed by atoms with van der Waals surface area (Å²) in [5, 5.41) is 0. The summed E-state index contributed by atoms with van der Waals surface area (Å²) in [5.74, 6) is 0.980. The molecule has 1 heterocycles. The van der Waals surface area contributed by atoms with Crippen molar-refractivity contribution in [1.29, 1.82) is 0 Å². The van der Waals surface area contributed by atoms with Crippen molar-refractivity contribution >= 4 is 5.91 Å². The van der Waals surface area contributed by atoms with Crippen LogP contribution in [0.2, 0.25) is 0 Å². The third-order valence-electron chi connectivity index (χ3n) is 7.23. The molecule has 0 saturated carbocycles. The van der Waals surface area contributed by atoms with Crippen molar-refractivity contribution in [2.75, 3.05) is 26.2 Å². The molecular formula is C30H34N2O2. The van der Waals surface area contributed by atoms with Gasteiger partial charge >= 0.3 is 0 Å². The fourth-order valence-electron chi connectivity index (χ4n) is 5.44. The number of rotatable bonds is 6. The molecular weight excluding hydrogens is 420 g/mol. The van der Waals surface area contributed by atoms with E-state index in [0.717, 1.165) is 44.8 Å². The van der Waals surface area contributed by atoms with E-state index in [4.69, 9.17) is 4.74 Å². The number of hydrogen-bond acceptors (Lipinski definition) is 3. The van der Waals surface area contributed by atoms with E-state index in [2.05, 4.69) is 77.7 Å². The van der Waals surface area contributed by atoms with Gasteiger partial charge in [0.1, 0.15) is 5.75 Å². The average Bonchev–Trinajstić information content (AvgIpc) is 2.90. The van der Waals surface area contributed by atoms with Crippen molar-refractivity contribution in [2.45, 2.75) is 44.8 Å². The first kappa shape index (κ1) is 22.7. The first-order valence-electron chi connectivity index (χ1n) is 12.6. The number of ether oxygens (including phenoxy) is 1. The van der Waals surface area contributed by atoms with Crippen LogP contribution in [0.3, 0.4) is 0 Å². The molecule has 176 valence electrons. The number of aryl methyl sites for hydroxylation is 1. The van der Waals surface area contributed by atoms with Crippen molar-refractivity contribution in [3.63, 3.8) is 0 Å². The molecule has 0 N–H and O–H groups in total. The molecule has 0 unspecified atom stereocenters. The number of fused-ring (bicyclic) bond motifs is 1. The predicted octanol–water partition coefficient (Wildman–Crippen LogP) is 5.27. The maximum atomic E-state index is 13.3. The molecule has 3 aromatic carbocycles. The van der Waals surface area contributed by atoms with Gasteiger partial charge in [-0.2, -0.15) is 0 Å². The lowest BCUT2D eigenvalue weighted by Crippen LogP contribution is -2.52. The fraction of sp³-hybridized carbons (Fsp3) is 0.367. The maximum absolute atomic E-state index is 13.3. The first-order valence-corrected chi connectivity index (χ1v) is 12.6. The molecule has 4 nitrogen and oxygen atoms in total. The number of benzene rings is 3. The van der Waals surface area contributed by atoms with Gasteiger partial charge in [0.25, 0.3) is 5.91 Å².